The summed E-state index contributed by atoms with van der Waals surface area (Å²) < 4.78 is 53.6. The second-order valence-electron chi connectivity index (χ2n) is 7.84. The molecule has 3 heterocycles. The molecule has 0 spiro atoms. The van der Waals surface area contributed by atoms with Crippen LogP contribution in [-0.2, 0) is 24.1 Å². The maximum Gasteiger partial charge on any atom is 0.419 e. The summed E-state index contributed by atoms with van der Waals surface area (Å²) in [5, 5.41) is 14.0. The molecule has 1 aliphatic heterocycles. The number of nitrogens with zero attached hydrogens (tertiary/aromatic N) is 5. The molecule has 1 aromatic carbocycles. The van der Waals surface area contributed by atoms with E-state index in [-0.39, 0.29) is 44.1 Å². The van der Waals surface area contributed by atoms with Crippen molar-refractivity contribution in [1.82, 2.24) is 20.0 Å². The lowest BCUT2D eigenvalue weighted by Crippen LogP contribution is -2.44. The number of aryl methyl sites for hydroxylation is 1. The minimum absolute atomic E-state index is 0. The van der Waals surface area contributed by atoms with E-state index in [4.69, 9.17) is 0 Å². The molecule has 2 aromatic heterocycles. The van der Waals surface area contributed by atoms with Crippen molar-refractivity contribution in [2.45, 2.75) is 39.2 Å². The largest absolute Gasteiger partial charge is 0.419 e. The molecule has 3 aromatic rings. The number of anilines is 3. The van der Waals surface area contributed by atoms with Gasteiger partial charge >= 0.3 is 6.18 Å². The van der Waals surface area contributed by atoms with Gasteiger partial charge in [0.1, 0.15) is 23.4 Å². The first kappa shape index (κ1) is 25.3. The van der Waals surface area contributed by atoms with Crippen molar-refractivity contribution in [2.75, 3.05) is 22.6 Å². The van der Waals surface area contributed by atoms with Gasteiger partial charge in [0.25, 0.3) is 0 Å². The van der Waals surface area contributed by atoms with Gasteiger partial charge in [-0.2, -0.15) is 26.7 Å². The second kappa shape index (κ2) is 9.49. The summed E-state index contributed by atoms with van der Waals surface area (Å²) in [6.07, 6.45) is -3.18. The number of likely N-dealkylation sites (N-methyl/N-ethyl adjacent to an activating group) is 1. The van der Waals surface area contributed by atoms with Crippen molar-refractivity contribution < 1.29 is 22.4 Å². The van der Waals surface area contributed by atoms with E-state index in [0.717, 1.165) is 17.8 Å². The molecule has 1 aliphatic rings. The topological polar surface area (TPSA) is 88.0 Å². The molecule has 0 fully saturated rings. The Labute approximate surface area is 199 Å². The molecule has 0 aliphatic carbocycles. The predicted octanol–water partition coefficient (Wildman–Crippen LogP) is 3.69. The third-order valence-corrected chi connectivity index (χ3v) is 5.49. The Balaban J connectivity index is 0.00000324. The van der Waals surface area contributed by atoms with Crippen LogP contribution < -0.4 is 15.5 Å². The first-order valence-electron chi connectivity index (χ1n) is 10.1. The van der Waals surface area contributed by atoms with Crippen LogP contribution in [0.1, 0.15) is 29.4 Å². The van der Waals surface area contributed by atoms with Gasteiger partial charge in [0.2, 0.25) is 5.91 Å². The Hall–Kier alpha value is -3.35. The number of carbonyl (C=O) groups excluding carboxylic acids is 1. The third kappa shape index (κ3) is 5.08. The van der Waals surface area contributed by atoms with Crippen LogP contribution in [0.5, 0.6) is 0 Å². The fourth-order valence-corrected chi connectivity index (χ4v) is 3.54. The van der Waals surface area contributed by atoms with Crippen molar-refractivity contribution in [3.63, 3.8) is 0 Å². The van der Waals surface area contributed by atoms with E-state index >= 15 is 0 Å². The number of hydrogen-bond acceptors (Lipinski definition) is 6. The lowest BCUT2D eigenvalue weighted by Gasteiger charge is -2.34. The van der Waals surface area contributed by atoms with Crippen LogP contribution in [-0.4, -0.2) is 39.0 Å². The van der Waals surface area contributed by atoms with E-state index in [9.17, 15) is 22.4 Å². The Morgan fingerprint density at radius 2 is 1.97 bits per heavy atom. The van der Waals surface area contributed by atoms with Crippen molar-refractivity contribution in [3.05, 3.63) is 58.8 Å². The van der Waals surface area contributed by atoms with Crippen LogP contribution in [0.2, 0.25) is 0 Å². The summed E-state index contributed by atoms with van der Waals surface area (Å²) in [7, 11) is 1.83. The smallest absolute Gasteiger partial charge is 0.364 e. The standard InChI is InChI=1S/C21H21F4N7O.H2S/c1-11-19-17(31(3)12(2)20(33)28-19)7-18(27-11)26-8-14-10-32(30-29-14)9-13-4-5-16(22)15(6-13)21(23,24)25;/h4-7,10,12H,8-9H2,1-3H3,(H,26,27)(H,28,33);1H2/t12-;/m0./s1. The number of rotatable bonds is 5. The van der Waals surface area contributed by atoms with Crippen LogP contribution in [0.3, 0.4) is 0 Å². The Bertz CT molecular complexity index is 1210. The maximum atomic E-state index is 13.5. The van der Waals surface area contributed by atoms with Gasteiger partial charge in [-0.05, 0) is 31.5 Å². The number of pyridine rings is 1. The molecule has 0 radical (unpaired) electrons. The summed E-state index contributed by atoms with van der Waals surface area (Å²) in [5.74, 6) is -0.845. The molecule has 34 heavy (non-hydrogen) atoms. The van der Waals surface area contributed by atoms with Gasteiger partial charge < -0.3 is 15.5 Å². The molecule has 0 unspecified atom stereocenters. The lowest BCUT2D eigenvalue weighted by atomic mass is 10.1. The fourth-order valence-electron chi connectivity index (χ4n) is 3.54. The lowest BCUT2D eigenvalue weighted by molar-refractivity contribution is -0.140. The molecule has 182 valence electrons. The average molecular weight is 498 g/mol. The molecule has 0 bridgehead atoms. The Kier molecular flexibility index (Phi) is 7.05. The number of alkyl halides is 3. The van der Waals surface area contributed by atoms with E-state index in [1.807, 2.05) is 18.0 Å². The van der Waals surface area contributed by atoms with Crippen LogP contribution in [0.4, 0.5) is 34.8 Å². The number of hydrogen-bond donors (Lipinski definition) is 2. The van der Waals surface area contributed by atoms with Gasteiger partial charge in [-0.3, -0.25) is 4.79 Å². The third-order valence-electron chi connectivity index (χ3n) is 5.49. The molecule has 4 rings (SSSR count). The number of carbonyl (C=O) groups is 1. The zero-order valence-corrected chi connectivity index (χ0v) is 19.5. The first-order chi connectivity index (χ1) is 15.5. The quantitative estimate of drug-likeness (QED) is 0.523. The highest BCUT2D eigenvalue weighted by Crippen LogP contribution is 2.35. The molecule has 8 nitrogen and oxygen atoms in total. The average Bonchev–Trinajstić information content (AvgIpc) is 3.19. The van der Waals surface area contributed by atoms with E-state index in [1.165, 1.54) is 10.7 Å². The summed E-state index contributed by atoms with van der Waals surface area (Å²) in [4.78, 5) is 18.4. The molecular weight excluding hydrogens is 474 g/mol. The van der Waals surface area contributed by atoms with Crippen LogP contribution >= 0.6 is 13.5 Å². The van der Waals surface area contributed by atoms with E-state index in [2.05, 4.69) is 25.9 Å². The second-order valence-corrected chi connectivity index (χ2v) is 7.84. The summed E-state index contributed by atoms with van der Waals surface area (Å²) >= 11 is 0. The van der Waals surface area contributed by atoms with Crippen LogP contribution in [0, 0.1) is 12.7 Å². The van der Waals surface area contributed by atoms with E-state index in [1.54, 1.807) is 20.0 Å². The highest BCUT2D eigenvalue weighted by molar-refractivity contribution is 7.59. The zero-order chi connectivity index (χ0) is 23.9. The van der Waals surface area contributed by atoms with Crippen LogP contribution in [0.25, 0.3) is 0 Å². The Morgan fingerprint density at radius 3 is 2.68 bits per heavy atom. The normalized spacial score (nSPS) is 15.4. The number of halogens is 4. The molecule has 1 amide bonds. The minimum Gasteiger partial charge on any atom is -0.364 e. The monoisotopic (exact) mass is 497 g/mol. The summed E-state index contributed by atoms with van der Waals surface area (Å²) in [6.45, 7) is 3.88. The summed E-state index contributed by atoms with van der Waals surface area (Å²) in [6, 6.07) is 4.34. The zero-order valence-electron chi connectivity index (χ0n) is 18.5. The van der Waals surface area contributed by atoms with Gasteiger partial charge in [-0.25, -0.2) is 14.1 Å². The Morgan fingerprint density at radius 1 is 1.24 bits per heavy atom. The summed E-state index contributed by atoms with van der Waals surface area (Å²) in [5.41, 5.74) is 1.63. The maximum absolute atomic E-state index is 13.5. The highest BCUT2D eigenvalue weighted by atomic mass is 32.1. The van der Waals surface area contributed by atoms with Gasteiger partial charge in [0.05, 0.1) is 41.9 Å². The van der Waals surface area contributed by atoms with Crippen molar-refractivity contribution in [2.24, 2.45) is 0 Å². The molecule has 0 saturated carbocycles. The molecule has 13 heteroatoms. The number of fused-ring (bicyclic) bond motifs is 1. The molecule has 0 saturated heterocycles. The SMILES string of the molecule is Cc1nc(NCc2cn(Cc3ccc(F)c(C(F)(F)F)c3)nn2)cc2c1NC(=O)[C@H](C)N2C.S. The van der Waals surface area contributed by atoms with Crippen molar-refractivity contribution >= 4 is 36.6 Å². The molecular formula is C21H23F4N7OS. The fraction of sp³-hybridized carbons (Fsp3) is 0.333. The number of amides is 1. The molecule has 1 atom stereocenters. The van der Waals surface area contributed by atoms with E-state index < -0.39 is 17.6 Å². The van der Waals surface area contributed by atoms with Crippen LogP contribution in [0.15, 0.2) is 30.5 Å². The predicted molar refractivity (Wildman–Crippen MR) is 124 cm³/mol. The van der Waals surface area contributed by atoms with Crippen molar-refractivity contribution in [3.8, 4) is 0 Å². The first-order valence-corrected chi connectivity index (χ1v) is 10.1. The minimum atomic E-state index is -4.77. The number of benzene rings is 1. The van der Waals surface area contributed by atoms with Gasteiger partial charge in [-0.15, -0.1) is 5.10 Å². The number of aromatic nitrogens is 4. The molecule has 2 N–H and O–H groups in total. The van der Waals surface area contributed by atoms with Gasteiger partial charge in [-0.1, -0.05) is 11.3 Å². The van der Waals surface area contributed by atoms with Gasteiger partial charge in [0, 0.05) is 13.1 Å². The van der Waals surface area contributed by atoms with Gasteiger partial charge in [0.15, 0.2) is 0 Å². The van der Waals surface area contributed by atoms with Crippen molar-refractivity contribution in [1.29, 1.82) is 0 Å². The number of nitrogens with one attached hydrogen (secondary N) is 2. The highest BCUT2D eigenvalue weighted by Gasteiger charge is 2.34. The van der Waals surface area contributed by atoms with E-state index in [0.29, 0.717) is 22.9 Å².